The van der Waals surface area contributed by atoms with Crippen molar-refractivity contribution in [2.45, 2.75) is 38.6 Å². The minimum atomic E-state index is 0.642. The van der Waals surface area contributed by atoms with Crippen LogP contribution in [0.3, 0.4) is 0 Å². The maximum atomic E-state index is 4.43. The number of rotatable bonds is 4. The smallest absolute Gasteiger partial charge is 0.125 e. The predicted octanol–water partition coefficient (Wildman–Crippen LogP) is 2.99. The van der Waals surface area contributed by atoms with Crippen molar-refractivity contribution in [1.82, 2.24) is 15.3 Å². The van der Waals surface area contributed by atoms with Gasteiger partial charge in [-0.05, 0) is 49.3 Å². The molecular formula is C17H21N3. The van der Waals surface area contributed by atoms with E-state index < -0.39 is 0 Å². The lowest BCUT2D eigenvalue weighted by molar-refractivity contribution is 0.504. The Bertz CT molecular complexity index is 580. The molecule has 1 heterocycles. The summed E-state index contributed by atoms with van der Waals surface area (Å²) in [5, 5.41) is 3.55. The van der Waals surface area contributed by atoms with Crippen LogP contribution in [0, 0.1) is 6.92 Å². The number of hydrogen-bond donors (Lipinski definition) is 1. The molecular weight excluding hydrogens is 246 g/mol. The van der Waals surface area contributed by atoms with Crippen LogP contribution >= 0.6 is 0 Å². The lowest BCUT2D eigenvalue weighted by Crippen LogP contribution is -2.24. The van der Waals surface area contributed by atoms with Gasteiger partial charge in [-0.3, -0.25) is 0 Å². The van der Waals surface area contributed by atoms with E-state index in [4.69, 9.17) is 0 Å². The van der Waals surface area contributed by atoms with Crippen molar-refractivity contribution < 1.29 is 0 Å². The lowest BCUT2D eigenvalue weighted by atomic mass is 9.83. The quantitative estimate of drug-likeness (QED) is 0.925. The number of nitrogens with zero attached hydrogens (tertiary/aromatic N) is 2. The van der Waals surface area contributed by atoms with Gasteiger partial charge in [0, 0.05) is 19.3 Å². The maximum Gasteiger partial charge on any atom is 0.125 e. The van der Waals surface area contributed by atoms with E-state index in [0.29, 0.717) is 5.92 Å². The first-order valence-corrected chi connectivity index (χ1v) is 7.40. The molecule has 3 nitrogen and oxygen atoms in total. The Labute approximate surface area is 120 Å². The molecule has 104 valence electrons. The highest BCUT2D eigenvalue weighted by molar-refractivity contribution is 5.32. The van der Waals surface area contributed by atoms with Crippen LogP contribution < -0.4 is 5.32 Å². The van der Waals surface area contributed by atoms with Crippen LogP contribution in [0.1, 0.15) is 41.4 Å². The molecule has 1 aliphatic rings. The third-order valence-corrected chi connectivity index (χ3v) is 4.02. The second kappa shape index (κ2) is 6.14. The molecule has 1 aromatic carbocycles. The maximum absolute atomic E-state index is 4.43. The zero-order valence-corrected chi connectivity index (χ0v) is 12.0. The average Bonchev–Trinajstić information content (AvgIpc) is 2.48. The molecule has 1 aliphatic carbocycles. The zero-order valence-electron chi connectivity index (χ0n) is 12.0. The SMILES string of the molecule is Cc1nccc(CNCC2CCCc3ccccc32)n1. The standard InChI is InChI=1S/C17H21N3/c1-13-19-10-9-16(20-13)12-18-11-15-7-4-6-14-5-2-3-8-17(14)15/h2-3,5,8-10,15,18H,4,6-7,11-12H2,1H3. The van der Waals surface area contributed by atoms with Crippen molar-refractivity contribution in [3.05, 3.63) is 59.2 Å². The van der Waals surface area contributed by atoms with Gasteiger partial charge in [-0.1, -0.05) is 24.3 Å². The van der Waals surface area contributed by atoms with E-state index in [1.165, 1.54) is 30.4 Å². The predicted molar refractivity (Wildman–Crippen MR) is 80.6 cm³/mol. The highest BCUT2D eigenvalue weighted by Gasteiger charge is 2.19. The Morgan fingerprint density at radius 3 is 3.05 bits per heavy atom. The Hall–Kier alpha value is -1.74. The van der Waals surface area contributed by atoms with Crippen molar-refractivity contribution in [1.29, 1.82) is 0 Å². The van der Waals surface area contributed by atoms with Crippen LogP contribution in [0.5, 0.6) is 0 Å². The molecule has 0 saturated heterocycles. The van der Waals surface area contributed by atoms with E-state index in [-0.39, 0.29) is 0 Å². The van der Waals surface area contributed by atoms with Crippen molar-refractivity contribution in [3.63, 3.8) is 0 Å². The lowest BCUT2D eigenvalue weighted by Gasteiger charge is -2.25. The third-order valence-electron chi connectivity index (χ3n) is 4.02. The van der Waals surface area contributed by atoms with Crippen LogP contribution in [0.4, 0.5) is 0 Å². The van der Waals surface area contributed by atoms with Gasteiger partial charge in [0.1, 0.15) is 5.82 Å². The first-order valence-electron chi connectivity index (χ1n) is 7.40. The molecule has 1 N–H and O–H groups in total. The van der Waals surface area contributed by atoms with Gasteiger partial charge in [0.15, 0.2) is 0 Å². The minimum Gasteiger partial charge on any atom is -0.311 e. The molecule has 1 aromatic heterocycles. The number of nitrogens with one attached hydrogen (secondary N) is 1. The minimum absolute atomic E-state index is 0.642. The van der Waals surface area contributed by atoms with E-state index in [9.17, 15) is 0 Å². The van der Waals surface area contributed by atoms with Crippen LogP contribution in [-0.2, 0) is 13.0 Å². The normalized spacial score (nSPS) is 17.8. The largest absolute Gasteiger partial charge is 0.311 e. The summed E-state index contributed by atoms with van der Waals surface area (Å²) in [6.45, 7) is 3.78. The fourth-order valence-electron chi connectivity index (χ4n) is 3.04. The molecule has 0 bridgehead atoms. The number of fused-ring (bicyclic) bond motifs is 1. The zero-order chi connectivity index (χ0) is 13.8. The summed E-state index contributed by atoms with van der Waals surface area (Å²) in [5.41, 5.74) is 4.13. The van der Waals surface area contributed by atoms with Gasteiger partial charge in [0.2, 0.25) is 0 Å². The number of benzene rings is 1. The molecule has 3 heteroatoms. The molecule has 1 atom stereocenters. The van der Waals surface area contributed by atoms with E-state index in [0.717, 1.165) is 24.6 Å². The van der Waals surface area contributed by atoms with Gasteiger partial charge in [-0.15, -0.1) is 0 Å². The molecule has 0 radical (unpaired) electrons. The molecule has 2 aromatic rings. The second-order valence-corrected chi connectivity index (χ2v) is 5.51. The number of aryl methyl sites for hydroxylation is 2. The summed E-state index contributed by atoms with van der Waals surface area (Å²) in [7, 11) is 0. The third kappa shape index (κ3) is 3.05. The number of aromatic nitrogens is 2. The van der Waals surface area contributed by atoms with Crippen LogP contribution in [0.25, 0.3) is 0 Å². The van der Waals surface area contributed by atoms with Gasteiger partial charge in [-0.25, -0.2) is 9.97 Å². The summed E-state index contributed by atoms with van der Waals surface area (Å²) in [6.07, 6.45) is 5.65. The van der Waals surface area contributed by atoms with Crippen LogP contribution in [0.15, 0.2) is 36.5 Å². The Kier molecular flexibility index (Phi) is 4.07. The molecule has 1 unspecified atom stereocenters. The second-order valence-electron chi connectivity index (χ2n) is 5.51. The van der Waals surface area contributed by atoms with Crippen LogP contribution in [-0.4, -0.2) is 16.5 Å². The van der Waals surface area contributed by atoms with Crippen molar-refractivity contribution in [2.24, 2.45) is 0 Å². The van der Waals surface area contributed by atoms with E-state index in [2.05, 4.69) is 39.6 Å². The topological polar surface area (TPSA) is 37.8 Å². The summed E-state index contributed by atoms with van der Waals surface area (Å²) in [4.78, 5) is 8.56. The molecule has 0 saturated carbocycles. The molecule has 20 heavy (non-hydrogen) atoms. The monoisotopic (exact) mass is 267 g/mol. The van der Waals surface area contributed by atoms with E-state index in [1.807, 2.05) is 19.2 Å². The first kappa shape index (κ1) is 13.3. The van der Waals surface area contributed by atoms with Gasteiger partial charge in [-0.2, -0.15) is 0 Å². The molecule has 0 aliphatic heterocycles. The van der Waals surface area contributed by atoms with Gasteiger partial charge >= 0.3 is 0 Å². The molecule has 3 rings (SSSR count). The summed E-state index contributed by atoms with van der Waals surface area (Å²) < 4.78 is 0. The Morgan fingerprint density at radius 1 is 1.25 bits per heavy atom. The Morgan fingerprint density at radius 2 is 2.15 bits per heavy atom. The Balaban J connectivity index is 1.60. The fourth-order valence-corrected chi connectivity index (χ4v) is 3.04. The molecule has 0 fully saturated rings. The fraction of sp³-hybridized carbons (Fsp3) is 0.412. The van der Waals surface area contributed by atoms with Crippen LogP contribution in [0.2, 0.25) is 0 Å². The summed E-state index contributed by atoms with van der Waals surface area (Å²) in [6, 6.07) is 10.9. The van der Waals surface area contributed by atoms with Gasteiger partial charge in [0.25, 0.3) is 0 Å². The average molecular weight is 267 g/mol. The number of hydrogen-bond acceptors (Lipinski definition) is 3. The highest BCUT2D eigenvalue weighted by atomic mass is 14.9. The highest BCUT2D eigenvalue weighted by Crippen LogP contribution is 2.30. The first-order chi connectivity index (χ1) is 9.83. The summed E-state index contributed by atoms with van der Waals surface area (Å²) >= 11 is 0. The molecule has 0 spiro atoms. The molecule has 0 amide bonds. The van der Waals surface area contributed by atoms with Crippen molar-refractivity contribution in [3.8, 4) is 0 Å². The van der Waals surface area contributed by atoms with Crippen molar-refractivity contribution >= 4 is 0 Å². The van der Waals surface area contributed by atoms with Crippen molar-refractivity contribution in [2.75, 3.05) is 6.54 Å². The van der Waals surface area contributed by atoms with Gasteiger partial charge < -0.3 is 5.32 Å². The summed E-state index contributed by atoms with van der Waals surface area (Å²) in [5.74, 6) is 1.48. The van der Waals surface area contributed by atoms with Gasteiger partial charge in [0.05, 0.1) is 5.69 Å². The van der Waals surface area contributed by atoms with E-state index in [1.54, 1.807) is 0 Å². The van der Waals surface area contributed by atoms with E-state index >= 15 is 0 Å².